The molecular weight excluding hydrogens is 258 g/mol. The van der Waals surface area contributed by atoms with Crippen molar-refractivity contribution in [1.29, 1.82) is 0 Å². The fourth-order valence-electron chi connectivity index (χ4n) is 2.99. The van der Waals surface area contributed by atoms with Gasteiger partial charge in [0.25, 0.3) is 0 Å². The van der Waals surface area contributed by atoms with Crippen molar-refractivity contribution >= 4 is 0 Å². The Morgan fingerprint density at radius 1 is 1.00 bits per heavy atom. The molecule has 1 atom stereocenters. The van der Waals surface area contributed by atoms with Gasteiger partial charge in [-0.3, -0.25) is 0 Å². The third-order valence-corrected chi connectivity index (χ3v) is 4.35. The standard InChI is InChI=1S/C19H33NO/c1-6-7-8-9-10-11-12-18(20-4)17-13-16(3)19(21-5)14-15(17)2/h13-14,18,20H,6-12H2,1-5H3. The Morgan fingerprint density at radius 3 is 2.29 bits per heavy atom. The van der Waals surface area contributed by atoms with Crippen LogP contribution in [0, 0.1) is 13.8 Å². The molecule has 2 nitrogen and oxygen atoms in total. The van der Waals surface area contributed by atoms with Crippen LogP contribution in [-0.2, 0) is 0 Å². The first kappa shape index (κ1) is 18.0. The van der Waals surface area contributed by atoms with Crippen molar-refractivity contribution in [3.8, 4) is 5.75 Å². The molecule has 0 radical (unpaired) electrons. The highest BCUT2D eigenvalue weighted by molar-refractivity contribution is 5.42. The minimum Gasteiger partial charge on any atom is -0.496 e. The van der Waals surface area contributed by atoms with Gasteiger partial charge in [0.2, 0.25) is 0 Å². The first-order chi connectivity index (χ1) is 10.1. The molecular formula is C19H33NO. The molecule has 0 aliphatic rings. The number of unbranched alkanes of at least 4 members (excludes halogenated alkanes) is 5. The fraction of sp³-hybridized carbons (Fsp3) is 0.684. The molecule has 1 aromatic rings. The Labute approximate surface area is 131 Å². The predicted molar refractivity (Wildman–Crippen MR) is 92.3 cm³/mol. The lowest BCUT2D eigenvalue weighted by molar-refractivity contribution is 0.410. The van der Waals surface area contributed by atoms with Crippen LogP contribution in [0.3, 0.4) is 0 Å². The van der Waals surface area contributed by atoms with Crippen LogP contribution in [0.1, 0.15) is 74.6 Å². The fourth-order valence-corrected chi connectivity index (χ4v) is 2.99. The number of methoxy groups -OCH3 is 1. The molecule has 0 spiro atoms. The molecule has 2 heteroatoms. The quantitative estimate of drug-likeness (QED) is 0.589. The van der Waals surface area contributed by atoms with Crippen LogP contribution in [0.25, 0.3) is 0 Å². The molecule has 0 aromatic heterocycles. The lowest BCUT2D eigenvalue weighted by atomic mass is 9.94. The lowest BCUT2D eigenvalue weighted by Crippen LogP contribution is -2.17. The van der Waals surface area contributed by atoms with Gasteiger partial charge < -0.3 is 10.1 Å². The number of aryl methyl sites for hydroxylation is 2. The van der Waals surface area contributed by atoms with E-state index in [0.29, 0.717) is 6.04 Å². The molecule has 0 heterocycles. The smallest absolute Gasteiger partial charge is 0.122 e. The van der Waals surface area contributed by atoms with Crippen molar-refractivity contribution in [1.82, 2.24) is 5.32 Å². The number of hydrogen-bond acceptors (Lipinski definition) is 2. The minimum absolute atomic E-state index is 0.459. The van der Waals surface area contributed by atoms with Crippen molar-refractivity contribution in [2.24, 2.45) is 0 Å². The largest absolute Gasteiger partial charge is 0.496 e. The molecule has 0 saturated heterocycles. The van der Waals surface area contributed by atoms with E-state index in [1.807, 2.05) is 0 Å². The Kier molecular flexibility index (Phi) is 8.44. The van der Waals surface area contributed by atoms with E-state index in [1.54, 1.807) is 7.11 Å². The normalized spacial score (nSPS) is 12.4. The van der Waals surface area contributed by atoms with E-state index in [-0.39, 0.29) is 0 Å². The molecule has 120 valence electrons. The highest BCUT2D eigenvalue weighted by Gasteiger charge is 2.13. The molecule has 0 aliphatic carbocycles. The number of benzene rings is 1. The van der Waals surface area contributed by atoms with Crippen molar-refractivity contribution in [3.63, 3.8) is 0 Å². The van der Waals surface area contributed by atoms with Gasteiger partial charge in [-0.05, 0) is 50.1 Å². The van der Waals surface area contributed by atoms with Gasteiger partial charge in [0, 0.05) is 6.04 Å². The molecule has 0 aliphatic heterocycles. The Balaban J connectivity index is 2.57. The number of ether oxygens (including phenoxy) is 1. The summed E-state index contributed by atoms with van der Waals surface area (Å²) < 4.78 is 5.41. The second-order valence-electron chi connectivity index (χ2n) is 6.08. The topological polar surface area (TPSA) is 21.3 Å². The average molecular weight is 291 g/mol. The van der Waals surface area contributed by atoms with Gasteiger partial charge in [0.15, 0.2) is 0 Å². The van der Waals surface area contributed by atoms with E-state index in [2.05, 4.69) is 45.3 Å². The molecule has 0 bridgehead atoms. The first-order valence-corrected chi connectivity index (χ1v) is 8.46. The van der Waals surface area contributed by atoms with E-state index < -0.39 is 0 Å². The molecule has 0 saturated carbocycles. The van der Waals surface area contributed by atoms with Crippen molar-refractivity contribution in [3.05, 3.63) is 28.8 Å². The molecule has 21 heavy (non-hydrogen) atoms. The molecule has 1 aromatic carbocycles. The predicted octanol–water partition coefficient (Wildman–Crippen LogP) is 5.32. The number of rotatable bonds is 10. The molecule has 1 unspecified atom stereocenters. The van der Waals surface area contributed by atoms with E-state index in [1.165, 1.54) is 61.6 Å². The van der Waals surface area contributed by atoms with Gasteiger partial charge in [-0.15, -0.1) is 0 Å². The van der Waals surface area contributed by atoms with Gasteiger partial charge >= 0.3 is 0 Å². The van der Waals surface area contributed by atoms with Gasteiger partial charge in [-0.1, -0.05) is 51.5 Å². The summed E-state index contributed by atoms with van der Waals surface area (Å²) in [6.07, 6.45) is 9.35. The number of hydrogen-bond donors (Lipinski definition) is 1. The highest BCUT2D eigenvalue weighted by atomic mass is 16.5. The maximum Gasteiger partial charge on any atom is 0.122 e. The summed E-state index contributed by atoms with van der Waals surface area (Å²) in [5.41, 5.74) is 3.97. The second kappa shape index (κ2) is 9.83. The third-order valence-electron chi connectivity index (χ3n) is 4.35. The van der Waals surface area contributed by atoms with Gasteiger partial charge in [-0.25, -0.2) is 0 Å². The van der Waals surface area contributed by atoms with Crippen LogP contribution in [0.5, 0.6) is 5.75 Å². The summed E-state index contributed by atoms with van der Waals surface area (Å²) in [7, 11) is 3.81. The van der Waals surface area contributed by atoms with Crippen molar-refractivity contribution in [2.45, 2.75) is 71.8 Å². The van der Waals surface area contributed by atoms with E-state index in [0.717, 1.165) is 5.75 Å². The maximum absolute atomic E-state index is 5.41. The molecule has 0 fully saturated rings. The van der Waals surface area contributed by atoms with Crippen LogP contribution in [0.4, 0.5) is 0 Å². The first-order valence-electron chi connectivity index (χ1n) is 8.46. The van der Waals surface area contributed by atoms with Gasteiger partial charge in [-0.2, -0.15) is 0 Å². The highest BCUT2D eigenvalue weighted by Crippen LogP contribution is 2.29. The van der Waals surface area contributed by atoms with Crippen molar-refractivity contribution in [2.75, 3.05) is 14.2 Å². The molecule has 1 rings (SSSR count). The summed E-state index contributed by atoms with van der Waals surface area (Å²) in [5.74, 6) is 0.991. The Morgan fingerprint density at radius 2 is 1.67 bits per heavy atom. The summed E-state index contributed by atoms with van der Waals surface area (Å²) in [4.78, 5) is 0. The second-order valence-corrected chi connectivity index (χ2v) is 6.08. The average Bonchev–Trinajstić information content (AvgIpc) is 2.49. The van der Waals surface area contributed by atoms with Crippen LogP contribution >= 0.6 is 0 Å². The van der Waals surface area contributed by atoms with Gasteiger partial charge in [0.05, 0.1) is 7.11 Å². The minimum atomic E-state index is 0.459. The molecule has 1 N–H and O–H groups in total. The van der Waals surface area contributed by atoms with Gasteiger partial charge in [0.1, 0.15) is 5.75 Å². The summed E-state index contributed by atoms with van der Waals surface area (Å²) in [6.45, 7) is 6.58. The summed E-state index contributed by atoms with van der Waals surface area (Å²) in [6, 6.07) is 4.91. The zero-order chi connectivity index (χ0) is 15.7. The Hall–Kier alpha value is -1.02. The van der Waals surface area contributed by atoms with Crippen LogP contribution in [0.2, 0.25) is 0 Å². The summed E-state index contributed by atoms with van der Waals surface area (Å²) >= 11 is 0. The zero-order valence-electron chi connectivity index (χ0n) is 14.6. The van der Waals surface area contributed by atoms with Crippen molar-refractivity contribution < 1.29 is 4.74 Å². The van der Waals surface area contributed by atoms with Crippen LogP contribution in [0.15, 0.2) is 12.1 Å². The van der Waals surface area contributed by atoms with E-state index >= 15 is 0 Å². The SMILES string of the molecule is CCCCCCCCC(NC)c1cc(C)c(OC)cc1C. The van der Waals surface area contributed by atoms with E-state index in [9.17, 15) is 0 Å². The third kappa shape index (κ3) is 5.70. The zero-order valence-corrected chi connectivity index (χ0v) is 14.6. The summed E-state index contributed by atoms with van der Waals surface area (Å²) in [5, 5.41) is 3.49. The maximum atomic E-state index is 5.41. The molecule has 0 amide bonds. The Bertz CT molecular complexity index is 414. The van der Waals surface area contributed by atoms with Crippen LogP contribution < -0.4 is 10.1 Å². The number of nitrogens with one attached hydrogen (secondary N) is 1. The monoisotopic (exact) mass is 291 g/mol. The van der Waals surface area contributed by atoms with E-state index in [4.69, 9.17) is 4.74 Å². The lowest BCUT2D eigenvalue weighted by Gasteiger charge is -2.20. The van der Waals surface area contributed by atoms with Crippen LogP contribution in [-0.4, -0.2) is 14.2 Å².